The second-order valence-corrected chi connectivity index (χ2v) is 8.43. The Kier molecular flexibility index (Phi) is 4.46. The molecule has 1 saturated heterocycles. The summed E-state index contributed by atoms with van der Waals surface area (Å²) in [4.78, 5) is 0. The van der Waals surface area contributed by atoms with Gasteiger partial charge in [-0.3, -0.25) is 4.72 Å². The highest BCUT2D eigenvalue weighted by atomic mass is 79.9. The van der Waals surface area contributed by atoms with E-state index < -0.39 is 10.0 Å². The highest BCUT2D eigenvalue weighted by Crippen LogP contribution is 2.27. The summed E-state index contributed by atoms with van der Waals surface area (Å²) < 4.78 is 27.4. The molecule has 2 N–H and O–H groups in total. The Morgan fingerprint density at radius 2 is 2.35 bits per heavy atom. The molecule has 0 amide bonds. The van der Waals surface area contributed by atoms with Gasteiger partial charge < -0.3 is 5.32 Å². The third kappa shape index (κ3) is 4.24. The van der Waals surface area contributed by atoms with Crippen molar-refractivity contribution in [3.8, 4) is 0 Å². The van der Waals surface area contributed by atoms with Gasteiger partial charge in [0.15, 0.2) is 0 Å². The molecule has 1 aliphatic rings. The maximum absolute atomic E-state index is 11.9. The van der Waals surface area contributed by atoms with Crippen LogP contribution in [0.1, 0.15) is 12.8 Å². The molecule has 1 unspecified atom stereocenters. The highest BCUT2D eigenvalue weighted by Gasteiger charge is 2.21. The van der Waals surface area contributed by atoms with Gasteiger partial charge in [0.2, 0.25) is 10.0 Å². The molecule has 0 spiro atoms. The highest BCUT2D eigenvalue weighted by molar-refractivity contribution is 9.11. The van der Waals surface area contributed by atoms with Crippen molar-refractivity contribution in [1.82, 2.24) is 5.32 Å². The molecule has 0 aromatic carbocycles. The summed E-state index contributed by atoms with van der Waals surface area (Å²) >= 11 is 4.70. The molecule has 2 heterocycles. The number of piperidine rings is 1. The molecular formula is C10H15BrN2O2S2. The van der Waals surface area contributed by atoms with Gasteiger partial charge in [-0.1, -0.05) is 0 Å². The summed E-state index contributed by atoms with van der Waals surface area (Å²) in [7, 11) is -3.22. The van der Waals surface area contributed by atoms with E-state index in [1.54, 1.807) is 6.07 Å². The van der Waals surface area contributed by atoms with E-state index in [0.717, 1.165) is 29.7 Å². The zero-order valence-electron chi connectivity index (χ0n) is 9.28. The lowest BCUT2D eigenvalue weighted by molar-refractivity contribution is 0.404. The minimum absolute atomic E-state index is 0.204. The quantitative estimate of drug-likeness (QED) is 0.885. The van der Waals surface area contributed by atoms with Gasteiger partial charge >= 0.3 is 0 Å². The van der Waals surface area contributed by atoms with Crippen molar-refractivity contribution in [3.05, 3.63) is 15.9 Å². The van der Waals surface area contributed by atoms with Crippen molar-refractivity contribution in [2.45, 2.75) is 12.8 Å². The van der Waals surface area contributed by atoms with Crippen LogP contribution >= 0.6 is 27.3 Å². The third-order valence-electron chi connectivity index (χ3n) is 2.68. The molecule has 1 aromatic rings. The second kappa shape index (κ2) is 5.69. The van der Waals surface area contributed by atoms with Crippen LogP contribution in [0.15, 0.2) is 15.9 Å². The predicted octanol–water partition coefficient (Wildman–Crippen LogP) is 2.25. The van der Waals surface area contributed by atoms with Gasteiger partial charge in [-0.25, -0.2) is 8.42 Å². The Bertz CT molecular complexity index is 466. The van der Waals surface area contributed by atoms with Gasteiger partial charge in [-0.05, 0) is 59.9 Å². The standard InChI is InChI=1S/C10H15BrN2O2S2/c11-9-3-4-10(16-9)13-17(14,15)7-8-2-1-5-12-6-8/h3-4,8,12-13H,1-2,5-7H2. The number of hydrogen-bond donors (Lipinski definition) is 2. The number of halogens is 1. The van der Waals surface area contributed by atoms with Crippen LogP contribution in [-0.4, -0.2) is 27.3 Å². The minimum atomic E-state index is -3.22. The van der Waals surface area contributed by atoms with E-state index in [9.17, 15) is 8.42 Å². The van der Waals surface area contributed by atoms with Gasteiger partial charge in [-0.2, -0.15) is 0 Å². The average Bonchev–Trinajstić information content (AvgIpc) is 2.63. The summed E-state index contributed by atoms with van der Waals surface area (Å²) in [5.74, 6) is 0.430. The fourth-order valence-corrected chi connectivity index (χ4v) is 4.99. The smallest absolute Gasteiger partial charge is 0.233 e. The first-order valence-electron chi connectivity index (χ1n) is 5.52. The number of nitrogens with one attached hydrogen (secondary N) is 2. The van der Waals surface area contributed by atoms with E-state index in [2.05, 4.69) is 26.0 Å². The van der Waals surface area contributed by atoms with Crippen LogP contribution < -0.4 is 10.0 Å². The Balaban J connectivity index is 1.94. The van der Waals surface area contributed by atoms with E-state index in [0.29, 0.717) is 5.00 Å². The molecule has 0 radical (unpaired) electrons. The Morgan fingerprint density at radius 1 is 1.53 bits per heavy atom. The zero-order chi connectivity index (χ0) is 12.3. The molecule has 0 saturated carbocycles. The second-order valence-electron chi connectivity index (χ2n) is 4.20. The van der Waals surface area contributed by atoms with Gasteiger partial charge in [0.1, 0.15) is 5.00 Å². The summed E-state index contributed by atoms with van der Waals surface area (Å²) in [6, 6.07) is 3.61. The van der Waals surface area contributed by atoms with Crippen LogP contribution in [0.25, 0.3) is 0 Å². The van der Waals surface area contributed by atoms with Crippen LogP contribution in [0.2, 0.25) is 0 Å². The molecule has 0 bridgehead atoms. The monoisotopic (exact) mass is 338 g/mol. The van der Waals surface area contributed by atoms with Gasteiger partial charge in [-0.15, -0.1) is 11.3 Å². The molecule has 1 fully saturated rings. The van der Waals surface area contributed by atoms with Gasteiger partial charge in [0.05, 0.1) is 9.54 Å². The molecular weight excluding hydrogens is 324 g/mol. The molecule has 96 valence electrons. The fraction of sp³-hybridized carbons (Fsp3) is 0.600. The third-order valence-corrected chi connectivity index (χ3v) is 5.79. The summed E-state index contributed by atoms with van der Waals surface area (Å²) in [5.41, 5.74) is 0. The number of sulfonamides is 1. The average molecular weight is 339 g/mol. The van der Waals surface area contributed by atoms with Crippen LogP contribution in [-0.2, 0) is 10.0 Å². The first-order chi connectivity index (χ1) is 8.05. The van der Waals surface area contributed by atoms with Crippen LogP contribution in [0, 0.1) is 5.92 Å². The number of hydrogen-bond acceptors (Lipinski definition) is 4. The van der Waals surface area contributed by atoms with Crippen molar-refractivity contribution in [3.63, 3.8) is 0 Å². The maximum atomic E-state index is 11.9. The molecule has 1 aliphatic heterocycles. The minimum Gasteiger partial charge on any atom is -0.316 e. The van der Waals surface area contributed by atoms with Gasteiger partial charge in [0, 0.05) is 0 Å². The molecule has 1 aromatic heterocycles. The zero-order valence-corrected chi connectivity index (χ0v) is 12.5. The molecule has 7 heteroatoms. The van der Waals surface area contributed by atoms with Crippen molar-refractivity contribution >= 4 is 42.3 Å². The summed E-state index contributed by atoms with van der Waals surface area (Å²) in [5, 5.41) is 3.90. The lowest BCUT2D eigenvalue weighted by atomic mass is 10.0. The first kappa shape index (κ1) is 13.3. The van der Waals surface area contributed by atoms with Crippen molar-refractivity contribution < 1.29 is 8.42 Å². The van der Waals surface area contributed by atoms with E-state index in [4.69, 9.17) is 0 Å². The largest absolute Gasteiger partial charge is 0.316 e. The van der Waals surface area contributed by atoms with E-state index in [1.165, 1.54) is 11.3 Å². The fourth-order valence-electron chi connectivity index (χ4n) is 1.94. The van der Waals surface area contributed by atoms with Crippen LogP contribution in [0.5, 0.6) is 0 Å². The van der Waals surface area contributed by atoms with Crippen molar-refractivity contribution in [2.24, 2.45) is 5.92 Å². The molecule has 4 nitrogen and oxygen atoms in total. The Morgan fingerprint density at radius 3 is 2.94 bits per heavy atom. The molecule has 0 aliphatic carbocycles. The topological polar surface area (TPSA) is 58.2 Å². The summed E-state index contributed by atoms with van der Waals surface area (Å²) in [6.07, 6.45) is 2.05. The Hall–Kier alpha value is -0.110. The molecule has 17 heavy (non-hydrogen) atoms. The lowest BCUT2D eigenvalue weighted by Gasteiger charge is -2.22. The van der Waals surface area contributed by atoms with Crippen LogP contribution in [0.3, 0.4) is 0 Å². The SMILES string of the molecule is O=S(=O)(CC1CCCNC1)Nc1ccc(Br)s1. The number of anilines is 1. The normalized spacial score (nSPS) is 21.4. The van der Waals surface area contributed by atoms with Crippen LogP contribution in [0.4, 0.5) is 5.00 Å². The van der Waals surface area contributed by atoms with Gasteiger partial charge in [0.25, 0.3) is 0 Å². The Labute approximate surface area is 114 Å². The van der Waals surface area contributed by atoms with E-state index >= 15 is 0 Å². The van der Waals surface area contributed by atoms with E-state index in [-0.39, 0.29) is 11.7 Å². The van der Waals surface area contributed by atoms with E-state index in [1.807, 2.05) is 6.07 Å². The first-order valence-corrected chi connectivity index (χ1v) is 8.78. The lowest BCUT2D eigenvalue weighted by Crippen LogP contribution is -2.35. The maximum Gasteiger partial charge on any atom is 0.233 e. The number of rotatable bonds is 4. The van der Waals surface area contributed by atoms with Crippen molar-refractivity contribution in [1.29, 1.82) is 0 Å². The van der Waals surface area contributed by atoms with Crippen molar-refractivity contribution in [2.75, 3.05) is 23.6 Å². The molecule has 1 atom stereocenters. The summed E-state index contributed by atoms with van der Waals surface area (Å²) in [6.45, 7) is 1.80. The predicted molar refractivity (Wildman–Crippen MR) is 75.0 cm³/mol. The number of thiophene rings is 1. The molecule has 2 rings (SSSR count).